The Kier molecular flexibility index (Phi) is 16.5. The van der Waals surface area contributed by atoms with Crippen molar-refractivity contribution >= 4 is 0 Å². The topological polar surface area (TPSA) is 8.81 Å². The van der Waals surface area contributed by atoms with Gasteiger partial charge in [-0.1, -0.05) is 104 Å². The van der Waals surface area contributed by atoms with Gasteiger partial charge in [0.25, 0.3) is 5.82 Å². The number of imidazole rings is 1. The summed E-state index contributed by atoms with van der Waals surface area (Å²) in [6, 6.07) is 0. The fourth-order valence-electron chi connectivity index (χ4n) is 4.20. The molecule has 28 heavy (non-hydrogen) atoms. The quantitative estimate of drug-likeness (QED) is 0.157. The van der Waals surface area contributed by atoms with E-state index in [0.29, 0.717) is 0 Å². The normalized spacial score (nSPS) is 11.4. The molecule has 0 aliphatic rings. The number of hydrogen-bond acceptors (Lipinski definition) is 0. The summed E-state index contributed by atoms with van der Waals surface area (Å²) >= 11 is 0. The SMILES string of the molecule is CCCCCCCCCCCn1cc[n+](CCCCCCCCCCC)c1C. The molecule has 0 atom stereocenters. The van der Waals surface area contributed by atoms with Gasteiger partial charge in [0.1, 0.15) is 12.4 Å². The third-order valence-corrected chi connectivity index (χ3v) is 6.26. The van der Waals surface area contributed by atoms with Crippen molar-refractivity contribution in [3.05, 3.63) is 18.2 Å². The molecule has 0 radical (unpaired) electrons. The molecule has 2 nitrogen and oxygen atoms in total. The van der Waals surface area contributed by atoms with Gasteiger partial charge in [-0.15, -0.1) is 0 Å². The first kappa shape index (κ1) is 25.2. The van der Waals surface area contributed by atoms with Crippen LogP contribution in [0.4, 0.5) is 0 Å². The minimum atomic E-state index is 1.20. The fourth-order valence-corrected chi connectivity index (χ4v) is 4.20. The van der Waals surface area contributed by atoms with Crippen molar-refractivity contribution in [2.24, 2.45) is 0 Å². The van der Waals surface area contributed by atoms with Gasteiger partial charge in [0.15, 0.2) is 0 Å². The molecular weight excluding hydrogens is 340 g/mol. The van der Waals surface area contributed by atoms with Crippen molar-refractivity contribution in [1.29, 1.82) is 0 Å². The molecule has 1 aromatic rings. The second-order valence-corrected chi connectivity index (χ2v) is 8.89. The lowest BCUT2D eigenvalue weighted by molar-refractivity contribution is -0.702. The molecule has 0 saturated heterocycles. The lowest BCUT2D eigenvalue weighted by atomic mass is 10.1. The molecule has 0 N–H and O–H groups in total. The van der Waals surface area contributed by atoms with Crippen LogP contribution in [-0.2, 0) is 13.1 Å². The maximum atomic E-state index is 2.47. The molecule has 1 rings (SSSR count). The summed E-state index contributed by atoms with van der Waals surface area (Å²) in [5.74, 6) is 1.44. The number of rotatable bonds is 20. The monoisotopic (exact) mass is 391 g/mol. The molecule has 0 aliphatic heterocycles. The van der Waals surface area contributed by atoms with E-state index < -0.39 is 0 Å². The highest BCUT2D eigenvalue weighted by Crippen LogP contribution is 2.11. The van der Waals surface area contributed by atoms with Crippen LogP contribution in [0.5, 0.6) is 0 Å². The van der Waals surface area contributed by atoms with Gasteiger partial charge >= 0.3 is 0 Å². The first-order valence-corrected chi connectivity index (χ1v) is 12.8. The van der Waals surface area contributed by atoms with Crippen molar-refractivity contribution in [3.63, 3.8) is 0 Å². The summed E-state index contributed by atoms with van der Waals surface area (Å²) in [6.07, 6.45) is 30.0. The first-order valence-electron chi connectivity index (χ1n) is 12.8. The number of unbranched alkanes of at least 4 members (excludes halogenated alkanes) is 16. The molecule has 0 saturated carbocycles. The molecule has 0 aliphatic carbocycles. The van der Waals surface area contributed by atoms with Gasteiger partial charge in [-0.05, 0) is 25.7 Å². The highest BCUT2D eigenvalue weighted by Gasteiger charge is 2.11. The van der Waals surface area contributed by atoms with Crippen molar-refractivity contribution in [3.8, 4) is 0 Å². The van der Waals surface area contributed by atoms with Gasteiger partial charge in [-0.2, -0.15) is 0 Å². The molecule has 0 spiro atoms. The smallest absolute Gasteiger partial charge is 0.234 e. The Morgan fingerprint density at radius 3 is 1.54 bits per heavy atom. The lowest BCUT2D eigenvalue weighted by Crippen LogP contribution is -2.35. The van der Waals surface area contributed by atoms with Crippen LogP contribution in [0.2, 0.25) is 0 Å². The van der Waals surface area contributed by atoms with Crippen LogP contribution in [0.25, 0.3) is 0 Å². The zero-order valence-electron chi connectivity index (χ0n) is 19.7. The Morgan fingerprint density at radius 1 is 0.607 bits per heavy atom. The standard InChI is InChI=1S/C26H51N2/c1-4-6-8-10-12-14-16-18-20-22-27-24-25-28(26(27)3)23-21-19-17-15-13-11-9-7-5-2/h24-25H,4-23H2,1-3H3/q+1. The van der Waals surface area contributed by atoms with E-state index in [1.54, 1.807) is 0 Å². The van der Waals surface area contributed by atoms with E-state index in [0.717, 1.165) is 0 Å². The number of aromatic nitrogens is 2. The van der Waals surface area contributed by atoms with E-state index in [2.05, 4.69) is 42.3 Å². The van der Waals surface area contributed by atoms with Crippen molar-refractivity contribution in [2.75, 3.05) is 0 Å². The largest absolute Gasteiger partial charge is 0.253 e. The molecule has 0 fully saturated rings. The van der Waals surface area contributed by atoms with Gasteiger partial charge in [0, 0.05) is 6.92 Å². The number of hydrogen-bond donors (Lipinski definition) is 0. The summed E-state index contributed by atoms with van der Waals surface area (Å²) in [7, 11) is 0. The van der Waals surface area contributed by atoms with E-state index in [1.807, 2.05) is 0 Å². The van der Waals surface area contributed by atoms with Crippen molar-refractivity contribution in [1.82, 2.24) is 4.57 Å². The van der Waals surface area contributed by atoms with E-state index >= 15 is 0 Å². The molecule has 0 bridgehead atoms. The van der Waals surface area contributed by atoms with Crippen LogP contribution in [0.3, 0.4) is 0 Å². The molecule has 2 heteroatoms. The van der Waals surface area contributed by atoms with Crippen LogP contribution in [-0.4, -0.2) is 4.57 Å². The average molecular weight is 392 g/mol. The Balaban J connectivity index is 2.01. The molecule has 1 aromatic heterocycles. The Morgan fingerprint density at radius 2 is 1.04 bits per heavy atom. The minimum absolute atomic E-state index is 1.20. The second kappa shape index (κ2) is 18.3. The van der Waals surface area contributed by atoms with Gasteiger partial charge in [0.2, 0.25) is 0 Å². The third-order valence-electron chi connectivity index (χ3n) is 6.26. The molecule has 164 valence electrons. The maximum Gasteiger partial charge on any atom is 0.253 e. The molecule has 1 heterocycles. The molecular formula is C26H51N2+. The van der Waals surface area contributed by atoms with Gasteiger partial charge in [0.05, 0.1) is 13.1 Å². The zero-order valence-corrected chi connectivity index (χ0v) is 19.7. The molecule has 0 aromatic carbocycles. The highest BCUT2D eigenvalue weighted by atomic mass is 15.1. The van der Waals surface area contributed by atoms with Gasteiger partial charge in [-0.3, -0.25) is 0 Å². The number of aryl methyl sites for hydroxylation is 2. The summed E-state index contributed by atoms with van der Waals surface area (Å²) in [6.45, 7) is 9.28. The van der Waals surface area contributed by atoms with Crippen molar-refractivity contribution in [2.45, 2.75) is 149 Å². The van der Waals surface area contributed by atoms with Gasteiger partial charge < -0.3 is 0 Å². The van der Waals surface area contributed by atoms with Crippen LogP contribution in [0.15, 0.2) is 12.4 Å². The Labute approximate surface area is 177 Å². The molecule has 0 amide bonds. The summed E-state index contributed by atoms with van der Waals surface area (Å²) in [5.41, 5.74) is 0. The third kappa shape index (κ3) is 12.6. The second-order valence-electron chi connectivity index (χ2n) is 8.89. The maximum absolute atomic E-state index is 2.47. The first-order chi connectivity index (χ1) is 13.8. The highest BCUT2D eigenvalue weighted by molar-refractivity contribution is 4.79. The summed E-state index contributed by atoms with van der Waals surface area (Å²) < 4.78 is 4.93. The predicted octanol–water partition coefficient (Wildman–Crippen LogP) is 8.15. The minimum Gasteiger partial charge on any atom is -0.234 e. The Bertz CT molecular complexity index is 410. The van der Waals surface area contributed by atoms with Crippen LogP contribution >= 0.6 is 0 Å². The van der Waals surface area contributed by atoms with Crippen LogP contribution < -0.4 is 4.57 Å². The van der Waals surface area contributed by atoms with Crippen molar-refractivity contribution < 1.29 is 4.57 Å². The average Bonchev–Trinajstić information content (AvgIpc) is 3.05. The van der Waals surface area contributed by atoms with E-state index in [9.17, 15) is 0 Å². The van der Waals surface area contributed by atoms with Crippen LogP contribution in [0, 0.1) is 6.92 Å². The van der Waals surface area contributed by atoms with Gasteiger partial charge in [-0.25, -0.2) is 9.13 Å². The van der Waals surface area contributed by atoms with E-state index in [-0.39, 0.29) is 0 Å². The zero-order chi connectivity index (χ0) is 20.3. The molecule has 0 unspecified atom stereocenters. The predicted molar refractivity (Wildman–Crippen MR) is 124 cm³/mol. The van der Waals surface area contributed by atoms with E-state index in [4.69, 9.17) is 0 Å². The fraction of sp³-hybridized carbons (Fsp3) is 0.885. The van der Waals surface area contributed by atoms with Crippen LogP contribution in [0.1, 0.15) is 135 Å². The van der Waals surface area contributed by atoms with E-state index in [1.165, 1.54) is 134 Å². The lowest BCUT2D eigenvalue weighted by Gasteiger charge is -2.04. The Hall–Kier alpha value is -0.790. The number of nitrogens with zero attached hydrogens (tertiary/aromatic N) is 2. The summed E-state index contributed by atoms with van der Waals surface area (Å²) in [5, 5.41) is 0. The summed E-state index contributed by atoms with van der Waals surface area (Å²) in [4.78, 5) is 0.